The highest BCUT2D eigenvalue weighted by atomic mass is 32.2. The van der Waals surface area contributed by atoms with E-state index in [1.54, 1.807) is 19.9 Å². The van der Waals surface area contributed by atoms with Crippen LogP contribution in [0.3, 0.4) is 0 Å². The third-order valence-electron chi connectivity index (χ3n) is 5.18. The largest absolute Gasteiger partial charge is 0.484 e. The second-order valence-electron chi connectivity index (χ2n) is 7.58. The molecule has 0 unspecified atom stereocenters. The molecule has 32 heavy (non-hydrogen) atoms. The van der Waals surface area contributed by atoms with E-state index in [2.05, 4.69) is 5.10 Å². The highest BCUT2D eigenvalue weighted by Crippen LogP contribution is 2.26. The molecule has 2 aromatic rings. The summed E-state index contributed by atoms with van der Waals surface area (Å²) in [5.41, 5.74) is 0.228. The summed E-state index contributed by atoms with van der Waals surface area (Å²) in [4.78, 5) is 15.1. The number of anilines is 1. The first-order valence-electron chi connectivity index (χ1n) is 10.6. The Morgan fingerprint density at radius 2 is 1.88 bits per heavy atom. The number of sulfonamides is 1. The molecule has 1 aliphatic rings. The summed E-state index contributed by atoms with van der Waals surface area (Å²) in [6.45, 7) is 7.52. The Bertz CT molecular complexity index is 1080. The molecule has 176 valence electrons. The summed E-state index contributed by atoms with van der Waals surface area (Å²) < 4.78 is 52.2. The SMILES string of the molecule is CCOCCOc1c(N2CCN(S(=O)(=O)C(C)C)CC2)cnn(-c2cccc(F)c2)c1=O. The first-order chi connectivity index (χ1) is 15.3. The summed E-state index contributed by atoms with van der Waals surface area (Å²) >= 11 is 0. The average molecular weight is 469 g/mol. The molecule has 0 spiro atoms. The van der Waals surface area contributed by atoms with Crippen molar-refractivity contribution >= 4 is 15.7 Å². The molecule has 1 aromatic heterocycles. The van der Waals surface area contributed by atoms with E-state index in [4.69, 9.17) is 9.47 Å². The van der Waals surface area contributed by atoms with Gasteiger partial charge >= 0.3 is 5.56 Å². The van der Waals surface area contributed by atoms with E-state index in [1.165, 1.54) is 28.7 Å². The van der Waals surface area contributed by atoms with Crippen LogP contribution in [0.25, 0.3) is 5.69 Å². The van der Waals surface area contributed by atoms with Crippen molar-refractivity contribution in [1.29, 1.82) is 0 Å². The zero-order chi connectivity index (χ0) is 23.3. The average Bonchev–Trinajstić information content (AvgIpc) is 2.77. The number of benzene rings is 1. The van der Waals surface area contributed by atoms with Crippen molar-refractivity contribution in [2.24, 2.45) is 0 Å². The van der Waals surface area contributed by atoms with E-state index in [-0.39, 0.29) is 18.0 Å². The maximum absolute atomic E-state index is 13.7. The van der Waals surface area contributed by atoms with Crippen LogP contribution in [-0.2, 0) is 14.8 Å². The number of piperazine rings is 1. The first kappa shape index (κ1) is 24.1. The van der Waals surface area contributed by atoms with Crippen molar-refractivity contribution in [3.8, 4) is 11.4 Å². The smallest absolute Gasteiger partial charge is 0.316 e. The van der Waals surface area contributed by atoms with Gasteiger partial charge in [-0.25, -0.2) is 12.8 Å². The van der Waals surface area contributed by atoms with E-state index in [0.29, 0.717) is 45.1 Å². The quantitative estimate of drug-likeness (QED) is 0.517. The lowest BCUT2D eigenvalue weighted by molar-refractivity contribution is 0.109. The predicted molar refractivity (Wildman–Crippen MR) is 120 cm³/mol. The van der Waals surface area contributed by atoms with Crippen molar-refractivity contribution < 1.29 is 22.3 Å². The number of rotatable bonds is 9. The van der Waals surface area contributed by atoms with Crippen LogP contribution < -0.4 is 15.2 Å². The molecule has 1 aromatic carbocycles. The summed E-state index contributed by atoms with van der Waals surface area (Å²) in [6, 6.07) is 5.58. The number of hydrogen-bond donors (Lipinski definition) is 0. The van der Waals surface area contributed by atoms with Gasteiger partial charge in [-0.05, 0) is 39.0 Å². The molecule has 0 aliphatic carbocycles. The minimum Gasteiger partial charge on any atom is -0.484 e. The lowest BCUT2D eigenvalue weighted by Crippen LogP contribution is -2.50. The maximum atomic E-state index is 13.7. The molecule has 11 heteroatoms. The maximum Gasteiger partial charge on any atom is 0.316 e. The number of halogens is 1. The number of ether oxygens (including phenoxy) is 2. The second kappa shape index (κ2) is 10.4. The monoisotopic (exact) mass is 468 g/mol. The molecule has 1 aliphatic heterocycles. The van der Waals surface area contributed by atoms with Gasteiger partial charge < -0.3 is 14.4 Å². The van der Waals surface area contributed by atoms with Gasteiger partial charge in [-0.15, -0.1) is 0 Å². The fraction of sp³-hybridized carbons (Fsp3) is 0.524. The first-order valence-corrected chi connectivity index (χ1v) is 12.1. The third kappa shape index (κ3) is 5.28. The van der Waals surface area contributed by atoms with Crippen LogP contribution >= 0.6 is 0 Å². The lowest BCUT2D eigenvalue weighted by atomic mass is 10.3. The fourth-order valence-electron chi connectivity index (χ4n) is 3.41. The lowest BCUT2D eigenvalue weighted by Gasteiger charge is -2.36. The minimum atomic E-state index is -3.35. The molecule has 0 radical (unpaired) electrons. The molecule has 1 saturated heterocycles. The second-order valence-corrected chi connectivity index (χ2v) is 10.1. The van der Waals surface area contributed by atoms with E-state index < -0.39 is 26.6 Å². The van der Waals surface area contributed by atoms with Crippen LogP contribution in [0.5, 0.6) is 5.75 Å². The third-order valence-corrected chi connectivity index (χ3v) is 7.46. The van der Waals surface area contributed by atoms with Gasteiger partial charge in [-0.2, -0.15) is 14.1 Å². The Kier molecular flexibility index (Phi) is 7.86. The molecule has 0 saturated carbocycles. The zero-order valence-corrected chi connectivity index (χ0v) is 19.3. The van der Waals surface area contributed by atoms with Gasteiger partial charge in [-0.3, -0.25) is 4.79 Å². The van der Waals surface area contributed by atoms with Gasteiger partial charge in [0.2, 0.25) is 15.8 Å². The van der Waals surface area contributed by atoms with Crippen molar-refractivity contribution in [1.82, 2.24) is 14.1 Å². The molecule has 0 bridgehead atoms. The zero-order valence-electron chi connectivity index (χ0n) is 18.5. The van der Waals surface area contributed by atoms with Gasteiger partial charge in [0.1, 0.15) is 18.1 Å². The highest BCUT2D eigenvalue weighted by Gasteiger charge is 2.31. The van der Waals surface area contributed by atoms with Crippen molar-refractivity contribution in [2.75, 3.05) is 50.9 Å². The Balaban J connectivity index is 1.90. The van der Waals surface area contributed by atoms with Gasteiger partial charge in [0.25, 0.3) is 0 Å². The standard InChI is InChI=1S/C21H29FN4O5S/c1-4-30-12-13-31-20-19(24-8-10-25(11-9-24)32(28,29)16(2)3)15-23-26(21(20)27)18-7-5-6-17(22)14-18/h5-7,14-16H,4,8-13H2,1-3H3. The van der Waals surface area contributed by atoms with Crippen molar-refractivity contribution in [2.45, 2.75) is 26.0 Å². The van der Waals surface area contributed by atoms with Gasteiger partial charge in [0.15, 0.2) is 0 Å². The van der Waals surface area contributed by atoms with Crippen LogP contribution in [0.2, 0.25) is 0 Å². The predicted octanol–water partition coefficient (Wildman–Crippen LogP) is 1.65. The molecule has 0 amide bonds. The van der Waals surface area contributed by atoms with Crippen LogP contribution in [0, 0.1) is 5.82 Å². The van der Waals surface area contributed by atoms with Gasteiger partial charge in [-0.1, -0.05) is 6.07 Å². The summed E-state index contributed by atoms with van der Waals surface area (Å²) in [6.07, 6.45) is 1.49. The summed E-state index contributed by atoms with van der Waals surface area (Å²) in [7, 11) is -3.35. The molecular weight excluding hydrogens is 439 g/mol. The van der Waals surface area contributed by atoms with Crippen LogP contribution in [0.15, 0.2) is 35.3 Å². The minimum absolute atomic E-state index is 0.0733. The van der Waals surface area contributed by atoms with Crippen molar-refractivity contribution in [3.05, 3.63) is 46.6 Å². The molecule has 1 fully saturated rings. The normalized spacial score (nSPS) is 15.3. The van der Waals surface area contributed by atoms with Gasteiger partial charge in [0.05, 0.1) is 23.7 Å². The van der Waals surface area contributed by atoms with Gasteiger partial charge in [0, 0.05) is 32.8 Å². The molecule has 3 rings (SSSR count). The number of nitrogens with zero attached hydrogens (tertiary/aromatic N) is 4. The topological polar surface area (TPSA) is 94.0 Å². The highest BCUT2D eigenvalue weighted by molar-refractivity contribution is 7.89. The molecule has 0 N–H and O–H groups in total. The van der Waals surface area contributed by atoms with E-state index >= 15 is 0 Å². The Morgan fingerprint density at radius 1 is 1.16 bits per heavy atom. The van der Waals surface area contributed by atoms with Crippen LogP contribution in [0.4, 0.5) is 10.1 Å². The summed E-state index contributed by atoms with van der Waals surface area (Å²) in [5.74, 6) is -0.411. The molecule has 9 nitrogen and oxygen atoms in total. The fourth-order valence-corrected chi connectivity index (χ4v) is 4.68. The molecule has 2 heterocycles. The number of aromatic nitrogens is 2. The van der Waals surface area contributed by atoms with E-state index in [0.717, 1.165) is 4.68 Å². The van der Waals surface area contributed by atoms with E-state index in [9.17, 15) is 17.6 Å². The van der Waals surface area contributed by atoms with Crippen molar-refractivity contribution in [3.63, 3.8) is 0 Å². The Labute approximate surface area is 187 Å². The Hall–Kier alpha value is -2.50. The molecule has 0 atom stereocenters. The number of hydrogen-bond acceptors (Lipinski definition) is 7. The van der Waals surface area contributed by atoms with Crippen LogP contribution in [0.1, 0.15) is 20.8 Å². The Morgan fingerprint density at radius 3 is 2.50 bits per heavy atom. The van der Waals surface area contributed by atoms with E-state index in [1.807, 2.05) is 11.8 Å². The van der Waals surface area contributed by atoms with Crippen LogP contribution in [-0.4, -0.2) is 73.8 Å². The summed E-state index contributed by atoms with van der Waals surface area (Å²) in [5, 5.41) is 3.72. The molecular formula is C21H29FN4O5S.